The normalized spacial score (nSPS) is 18.8. The van der Waals surface area contributed by atoms with Crippen LogP contribution in [0.1, 0.15) is 43.2 Å². The molecule has 0 amide bonds. The number of nitrogens with zero attached hydrogens (tertiary/aromatic N) is 4. The van der Waals surface area contributed by atoms with Crippen molar-refractivity contribution < 1.29 is 4.79 Å². The molecule has 0 saturated carbocycles. The van der Waals surface area contributed by atoms with Crippen LogP contribution in [-0.2, 0) is 11.2 Å². The molecule has 1 unspecified atom stereocenters. The molecular formula is C23H23N5OS2. The van der Waals surface area contributed by atoms with Gasteiger partial charge in [0, 0.05) is 23.4 Å². The molecule has 1 aliphatic carbocycles. The lowest BCUT2D eigenvalue weighted by Gasteiger charge is -2.38. The highest BCUT2D eigenvalue weighted by Gasteiger charge is 2.41. The van der Waals surface area contributed by atoms with Crippen LogP contribution in [0.3, 0.4) is 0 Å². The quantitative estimate of drug-likeness (QED) is 0.505. The van der Waals surface area contributed by atoms with E-state index in [0.717, 1.165) is 34.2 Å². The van der Waals surface area contributed by atoms with Crippen LogP contribution in [-0.4, -0.2) is 21.7 Å². The Morgan fingerprint density at radius 2 is 2.13 bits per heavy atom. The van der Waals surface area contributed by atoms with Crippen molar-refractivity contribution in [1.82, 2.24) is 10.2 Å². The highest BCUT2D eigenvalue weighted by atomic mass is 32.2. The molecule has 0 saturated heterocycles. The Hall–Kier alpha value is -2.89. The Labute approximate surface area is 190 Å². The Bertz CT molecular complexity index is 1120. The maximum absolute atomic E-state index is 13.1. The molecule has 1 aromatic heterocycles. The van der Waals surface area contributed by atoms with Crippen molar-refractivity contribution in [2.75, 3.05) is 10.7 Å². The average molecular weight is 450 g/mol. The molecule has 158 valence electrons. The predicted molar refractivity (Wildman–Crippen MR) is 125 cm³/mol. The van der Waals surface area contributed by atoms with E-state index >= 15 is 0 Å². The minimum atomic E-state index is -0.447. The standard InChI is InChI=1S/C23H23N5OS2/c1-3-12-30-23-27-26-22(31-23)28-17-6-5-7-18(29)20(17)19(16(13-24)21(28)25)15-10-8-14(4-2)9-11-15/h3,8-11,19H,1,4-7,12,25H2,2H3. The summed E-state index contributed by atoms with van der Waals surface area (Å²) in [4.78, 5) is 14.9. The molecule has 0 fully saturated rings. The smallest absolute Gasteiger partial charge is 0.219 e. The number of hydrogen-bond acceptors (Lipinski definition) is 8. The number of aromatic nitrogens is 2. The predicted octanol–water partition coefficient (Wildman–Crippen LogP) is 4.68. The van der Waals surface area contributed by atoms with E-state index in [4.69, 9.17) is 5.73 Å². The van der Waals surface area contributed by atoms with E-state index in [1.165, 1.54) is 28.7 Å². The maximum atomic E-state index is 13.1. The van der Waals surface area contributed by atoms with Gasteiger partial charge >= 0.3 is 0 Å². The number of rotatable bonds is 6. The van der Waals surface area contributed by atoms with E-state index in [9.17, 15) is 10.1 Å². The van der Waals surface area contributed by atoms with Gasteiger partial charge in [-0.15, -0.1) is 16.8 Å². The van der Waals surface area contributed by atoms with Crippen LogP contribution in [0.2, 0.25) is 0 Å². The Morgan fingerprint density at radius 3 is 2.81 bits per heavy atom. The van der Waals surface area contributed by atoms with Crippen molar-refractivity contribution >= 4 is 34.0 Å². The van der Waals surface area contributed by atoms with Crippen molar-refractivity contribution in [2.45, 2.75) is 42.9 Å². The monoisotopic (exact) mass is 449 g/mol. The molecule has 31 heavy (non-hydrogen) atoms. The Balaban J connectivity index is 1.85. The van der Waals surface area contributed by atoms with Gasteiger partial charge in [0.1, 0.15) is 5.82 Å². The van der Waals surface area contributed by atoms with E-state index in [1.54, 1.807) is 4.90 Å². The van der Waals surface area contributed by atoms with E-state index in [2.05, 4.69) is 29.8 Å². The SMILES string of the molecule is C=CCSc1nnc(N2C(N)=C(C#N)C(c3ccc(CC)cc3)C3=C2CCCC3=O)s1. The molecule has 2 aliphatic rings. The zero-order valence-corrected chi connectivity index (χ0v) is 18.9. The second-order valence-corrected chi connectivity index (χ2v) is 9.58. The van der Waals surface area contributed by atoms with E-state index < -0.39 is 5.92 Å². The summed E-state index contributed by atoms with van der Waals surface area (Å²) >= 11 is 2.94. The van der Waals surface area contributed by atoms with Gasteiger partial charge in [-0.25, -0.2) is 0 Å². The fourth-order valence-electron chi connectivity index (χ4n) is 4.07. The summed E-state index contributed by atoms with van der Waals surface area (Å²) in [6.45, 7) is 5.83. The number of benzene rings is 1. The number of aryl methyl sites for hydroxylation is 1. The number of nitrogens with two attached hydrogens (primary N) is 1. The van der Waals surface area contributed by atoms with Crippen LogP contribution in [0.5, 0.6) is 0 Å². The lowest BCUT2D eigenvalue weighted by Crippen LogP contribution is -2.38. The summed E-state index contributed by atoms with van der Waals surface area (Å²) in [5, 5.41) is 19.2. The topological polar surface area (TPSA) is 95.9 Å². The highest BCUT2D eigenvalue weighted by molar-refractivity contribution is 8.01. The van der Waals surface area contributed by atoms with E-state index in [1.807, 2.05) is 30.3 Å². The van der Waals surface area contributed by atoms with Crippen molar-refractivity contribution in [3.8, 4) is 6.07 Å². The number of ketones is 1. The Morgan fingerprint density at radius 1 is 1.35 bits per heavy atom. The largest absolute Gasteiger partial charge is 0.384 e. The Kier molecular flexibility index (Phi) is 6.25. The van der Waals surface area contributed by atoms with Crippen molar-refractivity contribution in [3.05, 3.63) is 70.7 Å². The van der Waals surface area contributed by atoms with Crippen LogP contribution in [0, 0.1) is 11.3 Å². The molecule has 1 aromatic carbocycles. The second kappa shape index (κ2) is 9.08. The number of thioether (sulfide) groups is 1. The van der Waals surface area contributed by atoms with Gasteiger partial charge < -0.3 is 5.73 Å². The first kappa shape index (κ1) is 21.3. The van der Waals surface area contributed by atoms with Gasteiger partial charge in [-0.05, 0) is 30.4 Å². The zero-order chi connectivity index (χ0) is 22.0. The number of carbonyl (C=O) groups excluding carboxylic acids is 1. The van der Waals surface area contributed by atoms with Gasteiger partial charge in [-0.2, -0.15) is 5.26 Å². The highest BCUT2D eigenvalue weighted by Crippen LogP contribution is 2.47. The molecule has 8 heteroatoms. The third-order valence-electron chi connectivity index (χ3n) is 5.55. The molecule has 0 spiro atoms. The van der Waals surface area contributed by atoms with Crippen LogP contribution >= 0.6 is 23.1 Å². The summed E-state index contributed by atoms with van der Waals surface area (Å²) in [7, 11) is 0. The number of carbonyl (C=O) groups is 1. The molecule has 1 aliphatic heterocycles. The fourth-order valence-corrected chi connectivity index (χ4v) is 5.71. The first-order valence-electron chi connectivity index (χ1n) is 10.2. The zero-order valence-electron chi connectivity index (χ0n) is 17.3. The number of nitriles is 1. The second-order valence-electron chi connectivity index (χ2n) is 7.36. The van der Waals surface area contributed by atoms with Gasteiger partial charge in [0.05, 0.1) is 17.6 Å². The summed E-state index contributed by atoms with van der Waals surface area (Å²) in [5.74, 6) is 0.683. The first-order valence-corrected chi connectivity index (χ1v) is 12.0. The van der Waals surface area contributed by atoms with Crippen molar-refractivity contribution in [1.29, 1.82) is 5.26 Å². The van der Waals surface area contributed by atoms with E-state index in [0.29, 0.717) is 34.9 Å². The van der Waals surface area contributed by atoms with Crippen molar-refractivity contribution in [3.63, 3.8) is 0 Å². The number of anilines is 1. The molecule has 1 atom stereocenters. The van der Waals surface area contributed by atoms with Gasteiger partial charge in [0.2, 0.25) is 5.13 Å². The lowest BCUT2D eigenvalue weighted by atomic mass is 9.75. The summed E-state index contributed by atoms with van der Waals surface area (Å²) in [5.41, 5.74) is 10.6. The van der Waals surface area contributed by atoms with E-state index in [-0.39, 0.29) is 5.78 Å². The van der Waals surface area contributed by atoms with Gasteiger partial charge in [-0.3, -0.25) is 9.69 Å². The molecule has 6 nitrogen and oxygen atoms in total. The van der Waals surface area contributed by atoms with Crippen LogP contribution in [0.4, 0.5) is 5.13 Å². The molecule has 2 aromatic rings. The molecule has 2 heterocycles. The molecule has 4 rings (SSSR count). The van der Waals surface area contributed by atoms with Crippen molar-refractivity contribution in [2.24, 2.45) is 5.73 Å². The first-order chi connectivity index (χ1) is 15.1. The summed E-state index contributed by atoms with van der Waals surface area (Å²) < 4.78 is 0.794. The van der Waals surface area contributed by atoms with Crippen LogP contribution < -0.4 is 10.6 Å². The molecule has 0 bridgehead atoms. The molecule has 0 radical (unpaired) electrons. The van der Waals surface area contributed by atoms with Gasteiger partial charge in [0.15, 0.2) is 10.1 Å². The minimum absolute atomic E-state index is 0.0711. The molecule has 2 N–H and O–H groups in total. The lowest BCUT2D eigenvalue weighted by molar-refractivity contribution is -0.116. The van der Waals surface area contributed by atoms with Crippen LogP contribution in [0.15, 0.2) is 63.9 Å². The fraction of sp³-hybridized carbons (Fsp3) is 0.304. The summed E-state index contributed by atoms with van der Waals surface area (Å²) in [6, 6.07) is 10.4. The van der Waals surface area contributed by atoms with Gasteiger partial charge in [-0.1, -0.05) is 60.4 Å². The van der Waals surface area contributed by atoms with Crippen LogP contribution in [0.25, 0.3) is 0 Å². The van der Waals surface area contributed by atoms with Gasteiger partial charge in [0.25, 0.3) is 0 Å². The number of Topliss-reactive ketones (excluding diaryl/α,β-unsaturated/α-hetero) is 1. The third kappa shape index (κ3) is 3.91. The molecular weight excluding hydrogens is 426 g/mol. The number of allylic oxidation sites excluding steroid dienone is 3. The third-order valence-corrected chi connectivity index (χ3v) is 7.58. The minimum Gasteiger partial charge on any atom is -0.384 e. The average Bonchev–Trinajstić information content (AvgIpc) is 3.25. The number of hydrogen-bond donors (Lipinski definition) is 1. The summed E-state index contributed by atoms with van der Waals surface area (Å²) in [6.07, 6.45) is 4.67. The maximum Gasteiger partial charge on any atom is 0.219 e.